The first-order valence-corrected chi connectivity index (χ1v) is 8.63. The zero-order chi connectivity index (χ0) is 16.4. The molecule has 0 unspecified atom stereocenters. The van der Waals surface area contributed by atoms with Crippen molar-refractivity contribution in [3.05, 3.63) is 29.3 Å². The first-order chi connectivity index (χ1) is 11.2. The maximum absolute atomic E-state index is 12.3. The molecule has 0 saturated heterocycles. The molecule has 122 valence electrons. The minimum absolute atomic E-state index is 0.00908. The largest absolute Gasteiger partial charge is 0.495 e. The number of halogens is 1. The number of carbonyl (C=O) groups is 1. The minimum Gasteiger partial charge on any atom is -0.495 e. The van der Waals surface area contributed by atoms with Crippen LogP contribution in [0.1, 0.15) is 36.8 Å². The molecule has 3 rings (SSSR count). The summed E-state index contributed by atoms with van der Waals surface area (Å²) in [5.74, 6) is 1.98. The van der Waals surface area contributed by atoms with Crippen LogP contribution in [0.15, 0.2) is 18.2 Å². The van der Waals surface area contributed by atoms with Crippen LogP contribution >= 0.6 is 11.6 Å². The Bertz CT molecular complexity index is 636. The Labute approximate surface area is 142 Å². The van der Waals surface area contributed by atoms with Crippen molar-refractivity contribution in [2.75, 3.05) is 13.0 Å². The number of carbonyl (C=O) groups excluding carboxylic acids is 1. The number of amides is 1. The lowest BCUT2D eigenvalue weighted by molar-refractivity contribution is -0.130. The van der Waals surface area contributed by atoms with Crippen LogP contribution in [-0.2, 0) is 11.3 Å². The Morgan fingerprint density at radius 1 is 1.48 bits per heavy atom. The number of hydrogen-bond acceptors (Lipinski definition) is 3. The first-order valence-electron chi connectivity index (χ1n) is 8.10. The third-order valence-electron chi connectivity index (χ3n) is 5.13. The van der Waals surface area contributed by atoms with Crippen LogP contribution < -0.4 is 4.74 Å². The van der Waals surface area contributed by atoms with Gasteiger partial charge in [0.05, 0.1) is 12.7 Å². The zero-order valence-corrected chi connectivity index (χ0v) is 14.1. The van der Waals surface area contributed by atoms with Crippen LogP contribution in [0.5, 0.6) is 5.75 Å². The minimum atomic E-state index is -0.0205. The number of benzene rings is 1. The van der Waals surface area contributed by atoms with Gasteiger partial charge in [0, 0.05) is 12.6 Å². The monoisotopic (exact) mass is 332 g/mol. The summed E-state index contributed by atoms with van der Waals surface area (Å²) >= 11 is 5.80. The lowest BCUT2D eigenvalue weighted by atomic mass is 9.81. The first kappa shape index (κ1) is 16.1. The van der Waals surface area contributed by atoms with E-state index in [4.69, 9.17) is 16.3 Å². The number of alkyl halides is 1. The molecule has 0 aliphatic heterocycles. The van der Waals surface area contributed by atoms with Crippen LogP contribution in [-0.4, -0.2) is 29.8 Å². The van der Waals surface area contributed by atoms with Crippen molar-refractivity contribution in [3.63, 3.8) is 0 Å². The van der Waals surface area contributed by atoms with E-state index in [0.29, 0.717) is 29.8 Å². The van der Waals surface area contributed by atoms with Crippen LogP contribution in [0.2, 0.25) is 0 Å². The van der Waals surface area contributed by atoms with Gasteiger partial charge in [0.1, 0.15) is 17.7 Å². The molecule has 5 heteroatoms. The average Bonchev–Trinajstić information content (AvgIpc) is 3.29. The van der Waals surface area contributed by atoms with E-state index < -0.39 is 0 Å². The van der Waals surface area contributed by atoms with Gasteiger partial charge in [0.25, 0.3) is 0 Å². The van der Waals surface area contributed by atoms with Crippen molar-refractivity contribution < 1.29 is 9.53 Å². The van der Waals surface area contributed by atoms with Gasteiger partial charge in [0.2, 0.25) is 5.91 Å². The third-order valence-corrected chi connectivity index (χ3v) is 5.36. The molecule has 1 aromatic rings. The molecule has 2 atom stereocenters. The van der Waals surface area contributed by atoms with E-state index in [1.54, 1.807) is 19.2 Å². The second-order valence-electron chi connectivity index (χ2n) is 6.46. The van der Waals surface area contributed by atoms with Gasteiger partial charge in [-0.15, -0.1) is 11.6 Å². The number of nitriles is 1. The van der Waals surface area contributed by atoms with Gasteiger partial charge in [-0.1, -0.05) is 25.3 Å². The highest BCUT2D eigenvalue weighted by molar-refractivity contribution is 6.27. The van der Waals surface area contributed by atoms with E-state index in [1.165, 1.54) is 19.3 Å². The van der Waals surface area contributed by atoms with E-state index in [9.17, 15) is 10.1 Å². The summed E-state index contributed by atoms with van der Waals surface area (Å²) in [5.41, 5.74) is 1.44. The van der Waals surface area contributed by atoms with Gasteiger partial charge < -0.3 is 9.64 Å². The van der Waals surface area contributed by atoms with E-state index in [1.807, 2.05) is 11.0 Å². The molecule has 0 spiro atoms. The Balaban J connectivity index is 1.74. The molecule has 2 saturated carbocycles. The second-order valence-corrected chi connectivity index (χ2v) is 6.73. The maximum Gasteiger partial charge on any atom is 0.238 e. The summed E-state index contributed by atoms with van der Waals surface area (Å²) < 4.78 is 5.17. The summed E-state index contributed by atoms with van der Waals surface area (Å²) in [6, 6.07) is 7.95. The SMILES string of the molecule is COc1ccc(CN(C(=O)CCl)[C@@H]2C[C@H]2C2CCC2)cc1C#N. The predicted molar refractivity (Wildman–Crippen MR) is 88.2 cm³/mol. The standard InChI is InChI=1S/C18H21ClN2O2/c1-23-17-6-5-12(7-14(17)10-20)11-21(18(22)9-19)16-8-15(16)13-3-2-4-13/h5-7,13,15-16H,2-4,8-9,11H2,1H3/t15-,16+/m0/s1. The number of rotatable bonds is 6. The Morgan fingerprint density at radius 3 is 2.83 bits per heavy atom. The fourth-order valence-corrected chi connectivity index (χ4v) is 3.69. The van der Waals surface area contributed by atoms with E-state index >= 15 is 0 Å². The Hall–Kier alpha value is -1.73. The second kappa shape index (κ2) is 6.80. The Kier molecular flexibility index (Phi) is 4.77. The van der Waals surface area contributed by atoms with Crippen LogP contribution in [0, 0.1) is 23.2 Å². The predicted octanol–water partition coefficient (Wildman–Crippen LogP) is 3.32. The number of methoxy groups -OCH3 is 1. The molecule has 0 heterocycles. The highest BCUT2D eigenvalue weighted by Crippen LogP contribution is 2.49. The molecule has 2 fully saturated rings. The van der Waals surface area contributed by atoms with Gasteiger partial charge in [-0.3, -0.25) is 4.79 Å². The summed E-state index contributed by atoms with van der Waals surface area (Å²) in [7, 11) is 1.55. The van der Waals surface area contributed by atoms with Gasteiger partial charge in [-0.25, -0.2) is 0 Å². The van der Waals surface area contributed by atoms with Gasteiger partial charge in [0.15, 0.2) is 0 Å². The van der Waals surface area contributed by atoms with Crippen molar-refractivity contribution in [1.29, 1.82) is 5.26 Å². The number of ether oxygens (including phenoxy) is 1. The molecule has 0 N–H and O–H groups in total. The molecule has 0 aromatic heterocycles. The smallest absolute Gasteiger partial charge is 0.238 e. The van der Waals surface area contributed by atoms with E-state index in [2.05, 4.69) is 6.07 Å². The molecule has 1 aromatic carbocycles. The quantitative estimate of drug-likeness (QED) is 0.751. The van der Waals surface area contributed by atoms with Crippen molar-refractivity contribution in [1.82, 2.24) is 4.90 Å². The molecule has 0 bridgehead atoms. The number of nitrogens with zero attached hydrogens (tertiary/aromatic N) is 2. The number of hydrogen-bond donors (Lipinski definition) is 0. The van der Waals surface area contributed by atoms with Crippen molar-refractivity contribution in [2.45, 2.75) is 38.3 Å². The Morgan fingerprint density at radius 2 is 2.26 bits per heavy atom. The molecule has 23 heavy (non-hydrogen) atoms. The molecular weight excluding hydrogens is 312 g/mol. The molecule has 1 amide bonds. The van der Waals surface area contributed by atoms with Gasteiger partial charge in [-0.2, -0.15) is 5.26 Å². The summed E-state index contributed by atoms with van der Waals surface area (Å²) in [6.45, 7) is 0.512. The molecular formula is C18H21ClN2O2. The average molecular weight is 333 g/mol. The van der Waals surface area contributed by atoms with E-state index in [-0.39, 0.29) is 11.8 Å². The zero-order valence-electron chi connectivity index (χ0n) is 13.3. The highest BCUT2D eigenvalue weighted by Gasteiger charge is 2.49. The van der Waals surface area contributed by atoms with Crippen molar-refractivity contribution >= 4 is 17.5 Å². The summed E-state index contributed by atoms with van der Waals surface area (Å²) in [5, 5.41) is 9.21. The normalized spacial score (nSPS) is 22.8. The molecule has 2 aliphatic rings. The van der Waals surface area contributed by atoms with Crippen LogP contribution in [0.25, 0.3) is 0 Å². The van der Waals surface area contributed by atoms with Gasteiger partial charge >= 0.3 is 0 Å². The maximum atomic E-state index is 12.3. The van der Waals surface area contributed by atoms with Crippen LogP contribution in [0.4, 0.5) is 0 Å². The third kappa shape index (κ3) is 3.30. The van der Waals surface area contributed by atoms with Crippen LogP contribution in [0.3, 0.4) is 0 Å². The van der Waals surface area contributed by atoms with Crippen molar-refractivity contribution in [2.24, 2.45) is 11.8 Å². The topological polar surface area (TPSA) is 53.3 Å². The lowest BCUT2D eigenvalue weighted by Gasteiger charge is -2.29. The molecule has 4 nitrogen and oxygen atoms in total. The summed E-state index contributed by atoms with van der Waals surface area (Å²) in [6.07, 6.45) is 5.01. The van der Waals surface area contributed by atoms with Crippen molar-refractivity contribution in [3.8, 4) is 11.8 Å². The summed E-state index contributed by atoms with van der Waals surface area (Å²) in [4.78, 5) is 14.2. The lowest BCUT2D eigenvalue weighted by Crippen LogP contribution is -2.35. The van der Waals surface area contributed by atoms with E-state index in [0.717, 1.165) is 17.9 Å². The fraction of sp³-hybridized carbons (Fsp3) is 0.556. The fourth-order valence-electron chi connectivity index (χ4n) is 3.54. The molecule has 0 radical (unpaired) electrons. The van der Waals surface area contributed by atoms with Gasteiger partial charge in [-0.05, 0) is 36.0 Å². The molecule has 2 aliphatic carbocycles. The highest BCUT2D eigenvalue weighted by atomic mass is 35.5.